The predicted octanol–water partition coefficient (Wildman–Crippen LogP) is 5.90. The van der Waals surface area contributed by atoms with Crippen LogP contribution < -0.4 is 9.47 Å². The standard InChI is InChI=1S/C36H42N2O6/c1-3-4-21-43-30-15-16-31(26(2)24-30)34(39)32-33(28-11-13-29(14-12-28)44-25-27-9-6-5-7-10-27)38(36(41)35(32)40)18-8-17-37-19-22-42-23-20-37/h5-7,9-16,24,33,39H,3-4,8,17-23,25H2,1-2H3/b34-32+. The van der Waals surface area contributed by atoms with E-state index in [1.54, 1.807) is 17.0 Å². The molecule has 5 rings (SSSR count). The summed E-state index contributed by atoms with van der Waals surface area (Å²) in [6.45, 7) is 9.30. The summed E-state index contributed by atoms with van der Waals surface area (Å²) in [4.78, 5) is 31.0. The lowest BCUT2D eigenvalue weighted by Crippen LogP contribution is -2.38. The molecule has 0 aliphatic carbocycles. The summed E-state index contributed by atoms with van der Waals surface area (Å²) in [5, 5.41) is 11.6. The number of carbonyl (C=O) groups excluding carboxylic acids is 2. The lowest BCUT2D eigenvalue weighted by atomic mass is 9.93. The summed E-state index contributed by atoms with van der Waals surface area (Å²) in [5.41, 5.74) is 3.16. The normalized spacial score (nSPS) is 18.5. The molecule has 2 saturated heterocycles. The second kappa shape index (κ2) is 15.0. The first-order chi connectivity index (χ1) is 21.5. The summed E-state index contributed by atoms with van der Waals surface area (Å²) in [6, 6.07) is 22.0. The molecule has 44 heavy (non-hydrogen) atoms. The van der Waals surface area contributed by atoms with Crippen molar-refractivity contribution in [2.45, 2.75) is 45.8 Å². The lowest BCUT2D eigenvalue weighted by Gasteiger charge is -2.29. The van der Waals surface area contributed by atoms with Crippen molar-refractivity contribution < 1.29 is 28.9 Å². The number of aryl methyl sites for hydroxylation is 1. The van der Waals surface area contributed by atoms with E-state index in [0.717, 1.165) is 49.2 Å². The van der Waals surface area contributed by atoms with Crippen LogP contribution in [-0.2, 0) is 20.9 Å². The molecule has 2 fully saturated rings. The minimum atomic E-state index is -0.720. The highest BCUT2D eigenvalue weighted by atomic mass is 16.5. The highest BCUT2D eigenvalue weighted by molar-refractivity contribution is 6.46. The van der Waals surface area contributed by atoms with E-state index >= 15 is 0 Å². The smallest absolute Gasteiger partial charge is 0.295 e. The number of benzene rings is 3. The third-order valence-electron chi connectivity index (χ3n) is 8.18. The average Bonchev–Trinajstić information content (AvgIpc) is 3.30. The van der Waals surface area contributed by atoms with E-state index in [1.807, 2.05) is 67.6 Å². The molecule has 0 bridgehead atoms. The molecule has 2 aliphatic heterocycles. The highest BCUT2D eigenvalue weighted by Gasteiger charge is 2.46. The number of aliphatic hydroxyl groups excluding tert-OH is 1. The fourth-order valence-corrected chi connectivity index (χ4v) is 5.70. The number of unbranched alkanes of at least 4 members (excludes halogenated alkanes) is 1. The first-order valence-corrected chi connectivity index (χ1v) is 15.5. The largest absolute Gasteiger partial charge is 0.507 e. The van der Waals surface area contributed by atoms with Crippen molar-refractivity contribution >= 4 is 17.4 Å². The Morgan fingerprint density at radius 3 is 2.34 bits per heavy atom. The van der Waals surface area contributed by atoms with E-state index in [-0.39, 0.29) is 11.3 Å². The van der Waals surface area contributed by atoms with Gasteiger partial charge in [0, 0.05) is 31.7 Å². The van der Waals surface area contributed by atoms with Gasteiger partial charge >= 0.3 is 0 Å². The van der Waals surface area contributed by atoms with Crippen molar-refractivity contribution in [3.63, 3.8) is 0 Å². The molecule has 0 saturated carbocycles. The fraction of sp³-hybridized carbons (Fsp3) is 0.389. The van der Waals surface area contributed by atoms with Gasteiger partial charge in [0.1, 0.15) is 23.9 Å². The minimum absolute atomic E-state index is 0.0991. The lowest BCUT2D eigenvalue weighted by molar-refractivity contribution is -0.140. The summed E-state index contributed by atoms with van der Waals surface area (Å²) < 4.78 is 17.3. The SMILES string of the molecule is CCCCOc1ccc(/C(O)=C2\C(=O)C(=O)N(CCCN3CCOCC3)C2c2ccc(OCc3ccccc3)cc2)c(C)c1. The zero-order valence-electron chi connectivity index (χ0n) is 25.7. The quantitative estimate of drug-likeness (QED) is 0.114. The van der Waals surface area contributed by atoms with Gasteiger partial charge in [-0.05, 0) is 66.8 Å². The number of aliphatic hydroxyl groups is 1. The molecule has 232 valence electrons. The maximum atomic E-state index is 13.6. The number of nitrogens with zero attached hydrogens (tertiary/aromatic N) is 2. The van der Waals surface area contributed by atoms with Crippen LogP contribution in [0.1, 0.15) is 54.5 Å². The molecule has 1 unspecified atom stereocenters. The summed E-state index contributed by atoms with van der Waals surface area (Å²) in [7, 11) is 0. The zero-order chi connectivity index (χ0) is 30.9. The van der Waals surface area contributed by atoms with Crippen LogP contribution in [-0.4, -0.2) is 72.6 Å². The van der Waals surface area contributed by atoms with Crippen molar-refractivity contribution in [2.24, 2.45) is 0 Å². The topological polar surface area (TPSA) is 88.5 Å². The molecule has 0 aromatic heterocycles. The van der Waals surface area contributed by atoms with Crippen molar-refractivity contribution in [1.82, 2.24) is 9.80 Å². The number of ether oxygens (including phenoxy) is 3. The van der Waals surface area contributed by atoms with Gasteiger partial charge in [-0.3, -0.25) is 14.5 Å². The third-order valence-corrected chi connectivity index (χ3v) is 8.18. The summed E-state index contributed by atoms with van der Waals surface area (Å²) >= 11 is 0. The molecule has 2 aliphatic rings. The summed E-state index contributed by atoms with van der Waals surface area (Å²) in [6.07, 6.45) is 2.68. The van der Waals surface area contributed by atoms with Crippen LogP contribution >= 0.6 is 0 Å². The Balaban J connectivity index is 1.42. The summed E-state index contributed by atoms with van der Waals surface area (Å²) in [5.74, 6) is -0.0628. The monoisotopic (exact) mass is 598 g/mol. The van der Waals surface area contributed by atoms with Crippen LogP contribution in [0.3, 0.4) is 0 Å². The molecule has 1 N–H and O–H groups in total. The van der Waals surface area contributed by atoms with Crippen LogP contribution in [0, 0.1) is 6.92 Å². The van der Waals surface area contributed by atoms with Gasteiger partial charge in [-0.15, -0.1) is 0 Å². The molecule has 3 aromatic carbocycles. The number of morpholine rings is 1. The van der Waals surface area contributed by atoms with E-state index in [0.29, 0.717) is 56.5 Å². The van der Waals surface area contributed by atoms with E-state index < -0.39 is 17.7 Å². The number of Topliss-reactive ketones (excluding diaryl/α,β-unsaturated/α-hetero) is 1. The van der Waals surface area contributed by atoms with Crippen molar-refractivity contribution in [2.75, 3.05) is 46.0 Å². The molecular formula is C36H42N2O6. The Labute approximate surface area is 259 Å². The van der Waals surface area contributed by atoms with E-state index in [2.05, 4.69) is 11.8 Å². The number of hydrogen-bond donors (Lipinski definition) is 1. The Hall–Kier alpha value is -4.14. The fourth-order valence-electron chi connectivity index (χ4n) is 5.70. The molecule has 2 heterocycles. The number of ketones is 1. The second-order valence-corrected chi connectivity index (χ2v) is 11.3. The molecule has 0 radical (unpaired) electrons. The van der Waals surface area contributed by atoms with E-state index in [1.165, 1.54) is 0 Å². The van der Waals surface area contributed by atoms with Crippen LogP contribution in [0.5, 0.6) is 11.5 Å². The number of amides is 1. The molecule has 8 nitrogen and oxygen atoms in total. The molecule has 8 heteroatoms. The van der Waals surface area contributed by atoms with Gasteiger partial charge in [0.05, 0.1) is 31.4 Å². The maximum absolute atomic E-state index is 13.6. The first-order valence-electron chi connectivity index (χ1n) is 15.5. The first kappa shape index (κ1) is 31.3. The molecule has 1 amide bonds. The van der Waals surface area contributed by atoms with Crippen LogP contribution in [0.2, 0.25) is 0 Å². The minimum Gasteiger partial charge on any atom is -0.507 e. The maximum Gasteiger partial charge on any atom is 0.295 e. The second-order valence-electron chi connectivity index (χ2n) is 11.3. The molecule has 0 spiro atoms. The van der Waals surface area contributed by atoms with Gasteiger partial charge in [0.2, 0.25) is 0 Å². The van der Waals surface area contributed by atoms with Gasteiger partial charge in [-0.2, -0.15) is 0 Å². The molecular weight excluding hydrogens is 556 g/mol. The van der Waals surface area contributed by atoms with Gasteiger partial charge in [-0.1, -0.05) is 55.8 Å². The zero-order valence-corrected chi connectivity index (χ0v) is 25.7. The Morgan fingerprint density at radius 2 is 1.64 bits per heavy atom. The Bertz CT molecular complexity index is 1450. The van der Waals surface area contributed by atoms with E-state index in [4.69, 9.17) is 14.2 Å². The average molecular weight is 599 g/mol. The Morgan fingerprint density at radius 1 is 0.909 bits per heavy atom. The van der Waals surface area contributed by atoms with Crippen molar-refractivity contribution in [3.05, 3.63) is 101 Å². The van der Waals surface area contributed by atoms with Crippen LogP contribution in [0.25, 0.3) is 5.76 Å². The van der Waals surface area contributed by atoms with Crippen molar-refractivity contribution in [1.29, 1.82) is 0 Å². The number of hydrogen-bond acceptors (Lipinski definition) is 7. The van der Waals surface area contributed by atoms with E-state index in [9.17, 15) is 14.7 Å². The third kappa shape index (κ3) is 7.49. The molecule has 1 atom stereocenters. The predicted molar refractivity (Wildman–Crippen MR) is 170 cm³/mol. The van der Waals surface area contributed by atoms with Gasteiger partial charge in [0.15, 0.2) is 0 Å². The van der Waals surface area contributed by atoms with Crippen LogP contribution in [0.4, 0.5) is 0 Å². The number of likely N-dealkylation sites (tertiary alicyclic amines) is 1. The van der Waals surface area contributed by atoms with Crippen LogP contribution in [0.15, 0.2) is 78.4 Å². The van der Waals surface area contributed by atoms with Gasteiger partial charge in [-0.25, -0.2) is 0 Å². The number of carbonyl (C=O) groups is 2. The molecule has 3 aromatic rings. The van der Waals surface area contributed by atoms with Crippen molar-refractivity contribution in [3.8, 4) is 11.5 Å². The Kier molecular flexibility index (Phi) is 10.7. The van der Waals surface area contributed by atoms with Gasteiger partial charge in [0.25, 0.3) is 11.7 Å². The van der Waals surface area contributed by atoms with Gasteiger partial charge < -0.3 is 24.2 Å². The number of rotatable bonds is 13. The highest BCUT2D eigenvalue weighted by Crippen LogP contribution is 2.40.